The van der Waals surface area contributed by atoms with Crippen LogP contribution in [0.15, 0.2) is 18.0 Å². The molecule has 0 radical (unpaired) electrons. The smallest absolute Gasteiger partial charge is 0.0876 e. The minimum atomic E-state index is -0.0704. The molecular formula is C11H17N3O. The maximum Gasteiger partial charge on any atom is 0.0876 e. The van der Waals surface area contributed by atoms with Gasteiger partial charge in [-0.05, 0) is 25.3 Å². The highest BCUT2D eigenvalue weighted by molar-refractivity contribution is 5.28. The second-order valence-electron chi connectivity index (χ2n) is 3.99. The van der Waals surface area contributed by atoms with Gasteiger partial charge in [-0.1, -0.05) is 0 Å². The van der Waals surface area contributed by atoms with Gasteiger partial charge in [0.2, 0.25) is 0 Å². The molecule has 1 aromatic heterocycles. The van der Waals surface area contributed by atoms with E-state index >= 15 is 0 Å². The summed E-state index contributed by atoms with van der Waals surface area (Å²) in [5, 5.41) is 4.30. The average molecular weight is 207 g/mol. The summed E-state index contributed by atoms with van der Waals surface area (Å²) >= 11 is 0. The first-order valence-electron chi connectivity index (χ1n) is 5.24. The van der Waals surface area contributed by atoms with E-state index in [9.17, 15) is 0 Å². The van der Waals surface area contributed by atoms with E-state index in [-0.39, 0.29) is 6.04 Å². The van der Waals surface area contributed by atoms with Crippen LogP contribution in [0, 0.1) is 6.92 Å². The molecule has 0 bridgehead atoms. The molecular weight excluding hydrogens is 190 g/mol. The largest absolute Gasteiger partial charge is 0.501 e. The summed E-state index contributed by atoms with van der Waals surface area (Å²) < 4.78 is 7.10. The molecule has 0 amide bonds. The lowest BCUT2D eigenvalue weighted by Gasteiger charge is -2.19. The van der Waals surface area contributed by atoms with Crippen molar-refractivity contribution in [2.45, 2.75) is 25.8 Å². The Hall–Kier alpha value is -1.29. The Balaban J connectivity index is 2.23. The van der Waals surface area contributed by atoms with Crippen LogP contribution >= 0.6 is 0 Å². The lowest BCUT2D eigenvalue weighted by Crippen LogP contribution is -2.16. The third-order valence-electron chi connectivity index (χ3n) is 2.75. The second kappa shape index (κ2) is 4.06. The van der Waals surface area contributed by atoms with Crippen LogP contribution < -0.4 is 5.73 Å². The molecule has 0 fully saturated rings. The van der Waals surface area contributed by atoms with Crippen molar-refractivity contribution in [2.24, 2.45) is 12.8 Å². The van der Waals surface area contributed by atoms with E-state index in [1.807, 2.05) is 20.2 Å². The number of hydrogen-bond acceptors (Lipinski definition) is 3. The molecule has 0 saturated carbocycles. The first-order valence-corrected chi connectivity index (χ1v) is 5.24. The van der Waals surface area contributed by atoms with E-state index in [1.165, 1.54) is 0 Å². The first-order chi connectivity index (χ1) is 7.18. The van der Waals surface area contributed by atoms with Gasteiger partial charge in [0.15, 0.2) is 0 Å². The van der Waals surface area contributed by atoms with Crippen LogP contribution in [0.25, 0.3) is 0 Å². The Morgan fingerprint density at radius 1 is 1.60 bits per heavy atom. The minimum absolute atomic E-state index is 0.0704. The number of hydrogen-bond donors (Lipinski definition) is 1. The van der Waals surface area contributed by atoms with Gasteiger partial charge in [-0.2, -0.15) is 5.10 Å². The van der Waals surface area contributed by atoms with Gasteiger partial charge in [-0.3, -0.25) is 4.68 Å². The number of ether oxygens (including phenoxy) is 1. The summed E-state index contributed by atoms with van der Waals surface area (Å²) in [7, 11) is 1.91. The van der Waals surface area contributed by atoms with Crippen molar-refractivity contribution in [1.82, 2.24) is 9.78 Å². The van der Waals surface area contributed by atoms with Crippen LogP contribution in [0.5, 0.6) is 0 Å². The molecule has 2 N–H and O–H groups in total. The molecule has 0 aromatic carbocycles. The van der Waals surface area contributed by atoms with Gasteiger partial charge in [-0.25, -0.2) is 0 Å². The molecule has 1 aliphatic heterocycles. The zero-order valence-electron chi connectivity index (χ0n) is 9.23. The van der Waals surface area contributed by atoms with Crippen LogP contribution in [0.2, 0.25) is 0 Å². The summed E-state index contributed by atoms with van der Waals surface area (Å²) in [5.74, 6) is 0. The fourth-order valence-electron chi connectivity index (χ4n) is 1.94. The Labute approximate surface area is 89.7 Å². The number of nitrogens with two attached hydrogens (primary N) is 1. The molecule has 4 nitrogen and oxygen atoms in total. The molecule has 4 heteroatoms. The molecule has 1 unspecified atom stereocenters. The number of aryl methyl sites for hydroxylation is 2. The summed E-state index contributed by atoms with van der Waals surface area (Å²) in [4.78, 5) is 0. The van der Waals surface area contributed by atoms with Gasteiger partial charge in [0.1, 0.15) is 0 Å². The van der Waals surface area contributed by atoms with Crippen LogP contribution in [0.4, 0.5) is 0 Å². The lowest BCUT2D eigenvalue weighted by atomic mass is 9.97. The fourth-order valence-corrected chi connectivity index (χ4v) is 1.94. The van der Waals surface area contributed by atoms with E-state index in [4.69, 9.17) is 10.5 Å². The summed E-state index contributed by atoms with van der Waals surface area (Å²) in [6, 6.07) is -0.0704. The van der Waals surface area contributed by atoms with E-state index in [2.05, 4.69) is 5.10 Å². The van der Waals surface area contributed by atoms with Crippen molar-refractivity contribution >= 4 is 0 Å². The van der Waals surface area contributed by atoms with Crippen LogP contribution in [0.3, 0.4) is 0 Å². The molecule has 0 aliphatic carbocycles. The maximum absolute atomic E-state index is 6.18. The molecule has 1 aliphatic rings. The minimum Gasteiger partial charge on any atom is -0.501 e. The Morgan fingerprint density at radius 3 is 2.93 bits per heavy atom. The SMILES string of the molecule is Cc1nn(C)cc1C(N)C1=COCCC1. The maximum atomic E-state index is 6.18. The number of nitrogens with zero attached hydrogens (tertiary/aromatic N) is 2. The Morgan fingerprint density at radius 2 is 2.40 bits per heavy atom. The fraction of sp³-hybridized carbons (Fsp3) is 0.545. The van der Waals surface area contributed by atoms with Crippen molar-refractivity contribution in [3.63, 3.8) is 0 Å². The predicted molar refractivity (Wildman–Crippen MR) is 58.1 cm³/mol. The highest BCUT2D eigenvalue weighted by Gasteiger charge is 2.18. The van der Waals surface area contributed by atoms with Gasteiger partial charge in [0, 0.05) is 18.8 Å². The molecule has 15 heavy (non-hydrogen) atoms. The highest BCUT2D eigenvalue weighted by Crippen LogP contribution is 2.26. The normalized spacial score (nSPS) is 18.2. The van der Waals surface area contributed by atoms with Crippen molar-refractivity contribution in [3.05, 3.63) is 29.3 Å². The summed E-state index contributed by atoms with van der Waals surface area (Å²) in [6.07, 6.45) is 5.87. The standard InChI is InChI=1S/C11H17N3O/c1-8-10(6-14(2)13-8)11(12)9-4-3-5-15-7-9/h6-7,11H,3-5,12H2,1-2H3. The van der Waals surface area contributed by atoms with Crippen LogP contribution in [-0.4, -0.2) is 16.4 Å². The quantitative estimate of drug-likeness (QED) is 0.798. The lowest BCUT2D eigenvalue weighted by molar-refractivity contribution is 0.221. The number of aromatic nitrogens is 2. The molecule has 0 spiro atoms. The summed E-state index contributed by atoms with van der Waals surface area (Å²) in [5.41, 5.74) is 9.44. The monoisotopic (exact) mass is 207 g/mol. The Kier molecular flexibility index (Phi) is 2.77. The van der Waals surface area contributed by atoms with E-state index in [1.54, 1.807) is 10.9 Å². The topological polar surface area (TPSA) is 53.1 Å². The van der Waals surface area contributed by atoms with Crippen LogP contribution in [-0.2, 0) is 11.8 Å². The van der Waals surface area contributed by atoms with Crippen molar-refractivity contribution in [3.8, 4) is 0 Å². The zero-order valence-corrected chi connectivity index (χ0v) is 9.23. The van der Waals surface area contributed by atoms with E-state index in [0.29, 0.717) is 0 Å². The average Bonchev–Trinajstić information content (AvgIpc) is 2.58. The molecule has 82 valence electrons. The van der Waals surface area contributed by atoms with E-state index < -0.39 is 0 Å². The first kappa shape index (κ1) is 10.2. The van der Waals surface area contributed by atoms with Gasteiger partial charge < -0.3 is 10.5 Å². The Bertz CT molecular complexity index is 381. The predicted octanol–water partition coefficient (Wildman–Crippen LogP) is 1.42. The molecule has 1 atom stereocenters. The zero-order chi connectivity index (χ0) is 10.8. The summed E-state index contributed by atoms with van der Waals surface area (Å²) in [6.45, 7) is 2.79. The third-order valence-corrected chi connectivity index (χ3v) is 2.75. The molecule has 2 rings (SSSR count). The van der Waals surface area contributed by atoms with Gasteiger partial charge in [0.05, 0.1) is 24.6 Å². The highest BCUT2D eigenvalue weighted by atomic mass is 16.5. The van der Waals surface area contributed by atoms with Gasteiger partial charge >= 0.3 is 0 Å². The van der Waals surface area contributed by atoms with Crippen molar-refractivity contribution < 1.29 is 4.74 Å². The van der Waals surface area contributed by atoms with Crippen LogP contribution in [0.1, 0.15) is 30.1 Å². The van der Waals surface area contributed by atoms with E-state index in [0.717, 1.165) is 36.3 Å². The van der Waals surface area contributed by atoms with Crippen molar-refractivity contribution in [1.29, 1.82) is 0 Å². The third kappa shape index (κ3) is 2.04. The second-order valence-corrected chi connectivity index (χ2v) is 3.99. The molecule has 2 heterocycles. The van der Waals surface area contributed by atoms with Gasteiger partial charge in [-0.15, -0.1) is 0 Å². The van der Waals surface area contributed by atoms with Crippen molar-refractivity contribution in [2.75, 3.05) is 6.61 Å². The molecule has 0 saturated heterocycles. The van der Waals surface area contributed by atoms with Gasteiger partial charge in [0.25, 0.3) is 0 Å². The molecule has 1 aromatic rings. The number of rotatable bonds is 2.